The number of amides is 1. The zero-order valence-electron chi connectivity index (χ0n) is 16.9. The number of hydrogen-bond donors (Lipinski definition) is 1. The molecule has 0 aliphatic rings. The molecule has 0 heterocycles. The van der Waals surface area contributed by atoms with E-state index in [0.717, 1.165) is 33.2 Å². The van der Waals surface area contributed by atoms with Gasteiger partial charge in [-0.15, -0.1) is 0 Å². The van der Waals surface area contributed by atoms with Crippen LogP contribution in [0.4, 0.5) is 0 Å². The minimum absolute atomic E-state index is 0.292. The number of fused-ring (bicyclic) bond motifs is 1. The first-order valence-corrected chi connectivity index (χ1v) is 9.53. The molecule has 1 amide bonds. The van der Waals surface area contributed by atoms with Crippen molar-refractivity contribution in [3.05, 3.63) is 77.4 Å². The molecule has 1 N–H and O–H groups in total. The molecule has 3 rings (SSSR count). The second-order valence-electron chi connectivity index (χ2n) is 7.01. The summed E-state index contributed by atoms with van der Waals surface area (Å²) in [7, 11) is 1.63. The fourth-order valence-electron chi connectivity index (χ4n) is 3.09. The predicted molar refractivity (Wildman–Crippen MR) is 113 cm³/mol. The number of nitrogens with one attached hydrogen (secondary N) is 1. The fraction of sp³-hybridized carbons (Fsp3) is 0.250. The molecule has 3 aromatic carbocycles. The zero-order chi connectivity index (χ0) is 20.8. The topological polar surface area (TPSA) is 64.6 Å². The molecular weight excluding hydrogens is 366 g/mol. The lowest BCUT2D eigenvalue weighted by atomic mass is 9.98. The van der Waals surface area contributed by atoms with Crippen molar-refractivity contribution in [2.45, 2.75) is 26.3 Å². The third kappa shape index (κ3) is 5.13. The first-order valence-electron chi connectivity index (χ1n) is 9.53. The lowest BCUT2D eigenvalue weighted by Crippen LogP contribution is -2.29. The SMILES string of the molecule is COc1ccc2cc([C@H](C)C(=O)OCC(=O)NCc3ccccc3C)ccc2c1. The monoisotopic (exact) mass is 391 g/mol. The summed E-state index contributed by atoms with van der Waals surface area (Å²) in [6, 6.07) is 19.4. The number of carbonyl (C=O) groups excluding carboxylic acids is 2. The summed E-state index contributed by atoms with van der Waals surface area (Å²) in [5, 5.41) is 4.83. The minimum Gasteiger partial charge on any atom is -0.497 e. The number of ether oxygens (including phenoxy) is 2. The highest BCUT2D eigenvalue weighted by atomic mass is 16.5. The molecule has 0 bridgehead atoms. The van der Waals surface area contributed by atoms with Gasteiger partial charge < -0.3 is 14.8 Å². The molecule has 150 valence electrons. The number of rotatable bonds is 7. The van der Waals surface area contributed by atoms with Gasteiger partial charge in [-0.05, 0) is 53.4 Å². The molecule has 0 aliphatic heterocycles. The highest BCUT2D eigenvalue weighted by Crippen LogP contribution is 2.25. The van der Waals surface area contributed by atoms with E-state index >= 15 is 0 Å². The van der Waals surface area contributed by atoms with Crippen molar-refractivity contribution in [1.29, 1.82) is 0 Å². The lowest BCUT2D eigenvalue weighted by molar-refractivity contribution is -0.149. The van der Waals surface area contributed by atoms with Crippen LogP contribution in [0.25, 0.3) is 10.8 Å². The molecule has 5 nitrogen and oxygen atoms in total. The molecule has 0 aromatic heterocycles. The highest BCUT2D eigenvalue weighted by molar-refractivity contribution is 5.87. The van der Waals surface area contributed by atoms with E-state index < -0.39 is 11.9 Å². The van der Waals surface area contributed by atoms with Crippen LogP contribution in [-0.2, 0) is 20.9 Å². The van der Waals surface area contributed by atoms with Crippen molar-refractivity contribution >= 4 is 22.6 Å². The first-order chi connectivity index (χ1) is 14.0. The third-order valence-electron chi connectivity index (χ3n) is 5.01. The molecular formula is C24H25NO4. The van der Waals surface area contributed by atoms with Gasteiger partial charge in [0.15, 0.2) is 6.61 Å². The van der Waals surface area contributed by atoms with Gasteiger partial charge in [0.05, 0.1) is 13.0 Å². The highest BCUT2D eigenvalue weighted by Gasteiger charge is 2.18. The average molecular weight is 391 g/mol. The Balaban J connectivity index is 1.55. The molecule has 0 radical (unpaired) electrons. The first kappa shape index (κ1) is 20.4. The van der Waals surface area contributed by atoms with Crippen LogP contribution in [-0.4, -0.2) is 25.6 Å². The van der Waals surface area contributed by atoms with Crippen molar-refractivity contribution in [1.82, 2.24) is 5.32 Å². The summed E-state index contributed by atoms with van der Waals surface area (Å²) in [5.74, 6) is -0.427. The Kier molecular flexibility index (Phi) is 6.50. The Labute approximate surface area is 170 Å². The van der Waals surface area contributed by atoms with E-state index in [0.29, 0.717) is 6.54 Å². The van der Waals surface area contributed by atoms with Crippen molar-refractivity contribution in [2.75, 3.05) is 13.7 Å². The van der Waals surface area contributed by atoms with E-state index in [9.17, 15) is 9.59 Å². The van der Waals surface area contributed by atoms with E-state index in [-0.39, 0.29) is 12.5 Å². The smallest absolute Gasteiger partial charge is 0.313 e. The Bertz CT molecular complexity index is 1030. The summed E-state index contributed by atoms with van der Waals surface area (Å²) in [6.45, 7) is 3.88. The Hall–Kier alpha value is -3.34. The number of benzene rings is 3. The van der Waals surface area contributed by atoms with Crippen molar-refractivity contribution in [3.63, 3.8) is 0 Å². The fourth-order valence-corrected chi connectivity index (χ4v) is 3.09. The maximum Gasteiger partial charge on any atom is 0.313 e. The maximum atomic E-state index is 12.4. The van der Waals surface area contributed by atoms with Crippen LogP contribution in [0, 0.1) is 6.92 Å². The van der Waals surface area contributed by atoms with Crippen LogP contribution < -0.4 is 10.1 Å². The summed E-state index contributed by atoms with van der Waals surface area (Å²) in [5.41, 5.74) is 2.98. The normalized spacial score (nSPS) is 11.7. The Morgan fingerprint density at radius 3 is 2.48 bits per heavy atom. The van der Waals surface area contributed by atoms with Gasteiger partial charge in [0, 0.05) is 6.54 Å². The third-order valence-corrected chi connectivity index (χ3v) is 5.01. The predicted octanol–water partition coefficient (Wildman–Crippen LogP) is 4.12. The van der Waals surface area contributed by atoms with Crippen LogP contribution in [0.3, 0.4) is 0 Å². The number of aryl methyl sites for hydroxylation is 1. The van der Waals surface area contributed by atoms with E-state index in [2.05, 4.69) is 5.32 Å². The average Bonchev–Trinajstić information content (AvgIpc) is 2.75. The van der Waals surface area contributed by atoms with Crippen LogP contribution in [0.1, 0.15) is 29.5 Å². The molecule has 0 saturated heterocycles. The molecule has 0 saturated carbocycles. The Morgan fingerprint density at radius 1 is 1.00 bits per heavy atom. The molecule has 0 fully saturated rings. The van der Waals surface area contributed by atoms with E-state index in [1.54, 1.807) is 14.0 Å². The van der Waals surface area contributed by atoms with Crippen molar-refractivity contribution < 1.29 is 19.1 Å². The molecule has 29 heavy (non-hydrogen) atoms. The summed E-state index contributed by atoms with van der Waals surface area (Å²) >= 11 is 0. The molecule has 3 aromatic rings. The van der Waals surface area contributed by atoms with Crippen LogP contribution in [0.5, 0.6) is 5.75 Å². The van der Waals surface area contributed by atoms with Gasteiger partial charge in [0.1, 0.15) is 5.75 Å². The number of esters is 1. The number of hydrogen-bond acceptors (Lipinski definition) is 4. The largest absolute Gasteiger partial charge is 0.497 e. The van der Waals surface area contributed by atoms with Gasteiger partial charge in [0.25, 0.3) is 5.91 Å². The van der Waals surface area contributed by atoms with Crippen LogP contribution in [0.2, 0.25) is 0 Å². The summed E-state index contributed by atoms with van der Waals surface area (Å²) in [4.78, 5) is 24.4. The van der Waals surface area contributed by atoms with Gasteiger partial charge in [-0.3, -0.25) is 9.59 Å². The zero-order valence-corrected chi connectivity index (χ0v) is 16.9. The van der Waals surface area contributed by atoms with E-state index in [1.165, 1.54) is 0 Å². The van der Waals surface area contributed by atoms with Gasteiger partial charge in [-0.25, -0.2) is 0 Å². The van der Waals surface area contributed by atoms with Crippen molar-refractivity contribution in [3.8, 4) is 5.75 Å². The molecule has 1 atom stereocenters. The second kappa shape index (κ2) is 9.24. The lowest BCUT2D eigenvalue weighted by Gasteiger charge is -2.13. The standard InChI is InChI=1S/C24H25NO4/c1-16-6-4-5-7-21(16)14-25-23(26)15-29-24(27)17(2)18-8-9-20-13-22(28-3)11-10-19(20)12-18/h4-13,17H,14-15H2,1-3H3,(H,25,26)/t17-/m0/s1. The molecule has 0 unspecified atom stereocenters. The van der Waals surface area contributed by atoms with Crippen LogP contribution >= 0.6 is 0 Å². The molecule has 0 spiro atoms. The number of methoxy groups -OCH3 is 1. The van der Waals surface area contributed by atoms with E-state index in [4.69, 9.17) is 9.47 Å². The van der Waals surface area contributed by atoms with Crippen LogP contribution in [0.15, 0.2) is 60.7 Å². The van der Waals surface area contributed by atoms with E-state index in [1.807, 2.05) is 67.6 Å². The minimum atomic E-state index is -0.467. The van der Waals surface area contributed by atoms with Gasteiger partial charge in [0.2, 0.25) is 0 Å². The second-order valence-corrected chi connectivity index (χ2v) is 7.01. The number of carbonyl (C=O) groups is 2. The quantitative estimate of drug-likeness (QED) is 0.616. The summed E-state index contributed by atoms with van der Waals surface area (Å²) in [6.07, 6.45) is 0. The molecule has 0 aliphatic carbocycles. The Morgan fingerprint density at radius 2 is 1.72 bits per heavy atom. The van der Waals surface area contributed by atoms with Gasteiger partial charge in [-0.2, -0.15) is 0 Å². The van der Waals surface area contributed by atoms with Gasteiger partial charge >= 0.3 is 5.97 Å². The van der Waals surface area contributed by atoms with Crippen molar-refractivity contribution in [2.24, 2.45) is 0 Å². The maximum absolute atomic E-state index is 12.4. The summed E-state index contributed by atoms with van der Waals surface area (Å²) < 4.78 is 10.5. The van der Waals surface area contributed by atoms with Gasteiger partial charge in [-0.1, -0.05) is 48.5 Å². The molecule has 5 heteroatoms.